The van der Waals surface area contributed by atoms with Gasteiger partial charge in [0.05, 0.1) is 5.92 Å². The van der Waals surface area contributed by atoms with Crippen molar-refractivity contribution in [1.29, 1.82) is 0 Å². The van der Waals surface area contributed by atoms with Crippen LogP contribution in [0.4, 0.5) is 5.13 Å². The molecule has 2 aliphatic rings. The summed E-state index contributed by atoms with van der Waals surface area (Å²) in [6.07, 6.45) is 3.96. The number of hydrogen-bond acceptors (Lipinski definition) is 7. The largest absolute Gasteiger partial charge is 0.359 e. The highest BCUT2D eigenvalue weighted by molar-refractivity contribution is 7.22. The second kappa shape index (κ2) is 8.93. The maximum atomic E-state index is 13.1. The third-order valence-corrected chi connectivity index (χ3v) is 7.56. The SMILES string of the molecule is CNC(=O)[C@H]1CCCN(c2nc3ncn(CC(=O)N4CCc5ccccc5C4)c(=O)c3s2)C1. The molecule has 0 bridgehead atoms. The molecular formula is C23H26N6O3S. The lowest BCUT2D eigenvalue weighted by Gasteiger charge is -2.31. The van der Waals surface area contributed by atoms with Gasteiger partial charge in [-0.1, -0.05) is 35.6 Å². The van der Waals surface area contributed by atoms with Gasteiger partial charge in [-0.25, -0.2) is 4.98 Å². The number of thiazole rings is 1. The van der Waals surface area contributed by atoms with E-state index >= 15 is 0 Å². The predicted octanol–water partition coefficient (Wildman–Crippen LogP) is 1.40. The summed E-state index contributed by atoms with van der Waals surface area (Å²) in [4.78, 5) is 50.8. The molecule has 3 aromatic rings. The Labute approximate surface area is 195 Å². The van der Waals surface area contributed by atoms with Gasteiger partial charge in [0.1, 0.15) is 17.6 Å². The van der Waals surface area contributed by atoms with Crippen molar-refractivity contribution in [2.45, 2.75) is 32.4 Å². The Hall–Kier alpha value is -3.27. The lowest BCUT2D eigenvalue weighted by atomic mass is 9.98. The number of hydrogen-bond donors (Lipinski definition) is 1. The number of carbonyl (C=O) groups excluding carboxylic acids is 2. The summed E-state index contributed by atoms with van der Waals surface area (Å²) < 4.78 is 1.81. The highest BCUT2D eigenvalue weighted by atomic mass is 32.1. The van der Waals surface area contributed by atoms with Crippen LogP contribution in [0, 0.1) is 5.92 Å². The minimum Gasteiger partial charge on any atom is -0.359 e. The molecule has 2 aromatic heterocycles. The summed E-state index contributed by atoms with van der Waals surface area (Å²) in [7, 11) is 1.65. The zero-order valence-electron chi connectivity index (χ0n) is 18.5. The van der Waals surface area contributed by atoms with Crippen molar-refractivity contribution >= 4 is 38.6 Å². The Morgan fingerprint density at radius 3 is 2.85 bits per heavy atom. The molecule has 4 heterocycles. The fourth-order valence-electron chi connectivity index (χ4n) is 4.61. The zero-order valence-corrected chi connectivity index (χ0v) is 19.3. The number of aromatic nitrogens is 3. The molecule has 0 radical (unpaired) electrons. The van der Waals surface area contributed by atoms with Gasteiger partial charge < -0.3 is 15.1 Å². The summed E-state index contributed by atoms with van der Waals surface area (Å²) in [5.74, 6) is -0.158. The summed E-state index contributed by atoms with van der Waals surface area (Å²) in [6.45, 7) is 2.52. The minimum absolute atomic E-state index is 0.0279. The van der Waals surface area contributed by atoms with E-state index in [1.807, 2.05) is 18.2 Å². The van der Waals surface area contributed by atoms with Gasteiger partial charge in [0, 0.05) is 33.2 Å². The van der Waals surface area contributed by atoms with E-state index in [9.17, 15) is 14.4 Å². The van der Waals surface area contributed by atoms with Gasteiger partial charge in [-0.15, -0.1) is 0 Å². The quantitative estimate of drug-likeness (QED) is 0.624. The highest BCUT2D eigenvalue weighted by Crippen LogP contribution is 2.29. The van der Waals surface area contributed by atoms with E-state index in [0.29, 0.717) is 35.1 Å². The number of piperidine rings is 1. The standard InChI is InChI=1S/C23H26N6O3S/c1-24-21(31)17-7-4-9-28(12-17)23-26-20-19(33-23)22(32)29(14-25-20)13-18(30)27-10-8-15-5-2-3-6-16(15)11-27/h2-3,5-6,14,17H,4,7-13H2,1H3,(H,24,31)/t17-/m0/s1. The third kappa shape index (κ3) is 4.22. The second-order valence-electron chi connectivity index (χ2n) is 8.56. The van der Waals surface area contributed by atoms with Gasteiger partial charge in [-0.3, -0.25) is 19.0 Å². The number of nitrogens with one attached hydrogen (secondary N) is 1. The Bertz CT molecular complexity index is 1270. The maximum absolute atomic E-state index is 13.1. The van der Waals surface area contributed by atoms with Gasteiger partial charge in [0.2, 0.25) is 11.8 Å². The summed E-state index contributed by atoms with van der Waals surface area (Å²) in [6, 6.07) is 8.14. The average molecular weight is 467 g/mol. The molecule has 10 heteroatoms. The van der Waals surface area contributed by atoms with Gasteiger partial charge in [-0.2, -0.15) is 4.98 Å². The molecule has 0 saturated carbocycles. The molecule has 172 valence electrons. The molecule has 2 aliphatic heterocycles. The van der Waals surface area contributed by atoms with E-state index in [-0.39, 0.29) is 29.8 Å². The smallest absolute Gasteiger partial charge is 0.273 e. The number of nitrogens with zero attached hydrogens (tertiary/aromatic N) is 5. The van der Waals surface area contributed by atoms with E-state index in [1.165, 1.54) is 27.8 Å². The van der Waals surface area contributed by atoms with Crippen LogP contribution in [-0.2, 0) is 29.1 Å². The molecule has 1 aromatic carbocycles. The van der Waals surface area contributed by atoms with Crippen molar-refractivity contribution in [3.63, 3.8) is 0 Å². The second-order valence-corrected chi connectivity index (χ2v) is 9.54. The molecular weight excluding hydrogens is 440 g/mol. The Morgan fingerprint density at radius 2 is 2.03 bits per heavy atom. The van der Waals surface area contributed by atoms with Crippen molar-refractivity contribution in [2.24, 2.45) is 5.92 Å². The molecule has 33 heavy (non-hydrogen) atoms. The van der Waals surface area contributed by atoms with E-state index < -0.39 is 0 Å². The molecule has 0 unspecified atom stereocenters. The number of amides is 2. The van der Waals surface area contributed by atoms with Crippen molar-refractivity contribution in [3.05, 3.63) is 52.1 Å². The van der Waals surface area contributed by atoms with Crippen LogP contribution in [0.5, 0.6) is 0 Å². The van der Waals surface area contributed by atoms with E-state index in [2.05, 4.69) is 26.3 Å². The predicted molar refractivity (Wildman–Crippen MR) is 126 cm³/mol. The van der Waals surface area contributed by atoms with Crippen LogP contribution in [0.25, 0.3) is 10.3 Å². The molecule has 0 aliphatic carbocycles. The molecule has 5 rings (SSSR count). The first kappa shape index (κ1) is 21.6. The number of anilines is 1. The number of benzene rings is 1. The average Bonchev–Trinajstić information content (AvgIpc) is 3.30. The van der Waals surface area contributed by atoms with Crippen LogP contribution in [0.3, 0.4) is 0 Å². The van der Waals surface area contributed by atoms with E-state index in [4.69, 9.17) is 0 Å². The van der Waals surface area contributed by atoms with Crippen molar-refractivity contribution in [3.8, 4) is 0 Å². The maximum Gasteiger partial charge on any atom is 0.273 e. The molecule has 2 amide bonds. The molecule has 9 nitrogen and oxygen atoms in total. The lowest BCUT2D eigenvalue weighted by molar-refractivity contribution is -0.132. The number of fused-ring (bicyclic) bond motifs is 2. The normalized spacial score (nSPS) is 18.3. The van der Waals surface area contributed by atoms with Crippen LogP contribution < -0.4 is 15.8 Å². The van der Waals surface area contributed by atoms with Crippen LogP contribution in [0.2, 0.25) is 0 Å². The minimum atomic E-state index is -0.255. The van der Waals surface area contributed by atoms with Crippen molar-refractivity contribution < 1.29 is 9.59 Å². The molecule has 1 N–H and O–H groups in total. The number of carbonyl (C=O) groups is 2. The fraction of sp³-hybridized carbons (Fsp3) is 0.435. The van der Waals surface area contributed by atoms with Crippen LogP contribution >= 0.6 is 11.3 Å². The fourth-order valence-corrected chi connectivity index (χ4v) is 5.61. The van der Waals surface area contributed by atoms with Gasteiger partial charge in [0.25, 0.3) is 5.56 Å². The van der Waals surface area contributed by atoms with E-state index in [1.54, 1.807) is 11.9 Å². The monoisotopic (exact) mass is 466 g/mol. The third-order valence-electron chi connectivity index (χ3n) is 6.47. The molecule has 1 saturated heterocycles. The zero-order chi connectivity index (χ0) is 22.9. The first-order valence-corrected chi connectivity index (χ1v) is 12.0. The number of rotatable bonds is 4. The van der Waals surface area contributed by atoms with Crippen LogP contribution in [-0.4, -0.2) is 57.9 Å². The molecule has 0 spiro atoms. The molecule has 1 fully saturated rings. The Balaban J connectivity index is 1.33. The topological polar surface area (TPSA) is 100 Å². The first-order valence-electron chi connectivity index (χ1n) is 11.2. The van der Waals surface area contributed by atoms with Gasteiger partial charge >= 0.3 is 0 Å². The van der Waals surface area contributed by atoms with Crippen LogP contribution in [0.1, 0.15) is 24.0 Å². The molecule has 1 atom stereocenters. The summed E-state index contributed by atoms with van der Waals surface area (Å²) in [5, 5.41) is 3.41. The Morgan fingerprint density at radius 1 is 1.21 bits per heavy atom. The van der Waals surface area contributed by atoms with E-state index in [0.717, 1.165) is 31.4 Å². The highest BCUT2D eigenvalue weighted by Gasteiger charge is 2.28. The van der Waals surface area contributed by atoms with Crippen molar-refractivity contribution in [1.82, 2.24) is 24.8 Å². The van der Waals surface area contributed by atoms with Gasteiger partial charge in [0.15, 0.2) is 10.8 Å². The van der Waals surface area contributed by atoms with Gasteiger partial charge in [-0.05, 0) is 30.4 Å². The summed E-state index contributed by atoms with van der Waals surface area (Å²) in [5.41, 5.74) is 2.56. The Kier molecular flexibility index (Phi) is 5.84. The van der Waals surface area contributed by atoms with Crippen molar-refractivity contribution in [2.75, 3.05) is 31.6 Å². The summed E-state index contributed by atoms with van der Waals surface area (Å²) >= 11 is 1.28. The lowest BCUT2D eigenvalue weighted by Crippen LogP contribution is -2.42. The van der Waals surface area contributed by atoms with Crippen LogP contribution in [0.15, 0.2) is 35.4 Å². The first-order chi connectivity index (χ1) is 16.0.